The number of carbonyl (C=O) groups excluding carboxylic acids is 3. The molecule has 6 nitrogen and oxygen atoms in total. The van der Waals surface area contributed by atoms with Gasteiger partial charge in [0.1, 0.15) is 0 Å². The number of benzene rings is 2. The van der Waals surface area contributed by atoms with Crippen molar-refractivity contribution in [2.75, 3.05) is 23.3 Å². The third kappa shape index (κ3) is 4.71. The first-order valence-electron chi connectivity index (χ1n) is 9.34. The van der Waals surface area contributed by atoms with Crippen LogP contribution in [0.5, 0.6) is 0 Å². The number of carbonyl (C=O) groups is 3. The third-order valence-corrected chi connectivity index (χ3v) is 5.49. The molecular weight excluding hydrogens is 413 g/mol. The predicted molar refractivity (Wildman–Crippen MR) is 115 cm³/mol. The highest BCUT2D eigenvalue weighted by molar-refractivity contribution is 6.44. The van der Waals surface area contributed by atoms with Crippen LogP contribution in [-0.2, 0) is 9.59 Å². The van der Waals surface area contributed by atoms with E-state index in [2.05, 4.69) is 10.6 Å². The Kier molecular flexibility index (Phi) is 6.77. The number of anilines is 2. The highest BCUT2D eigenvalue weighted by Gasteiger charge is 2.36. The number of rotatable bonds is 6. The largest absolute Gasteiger partial charge is 0.352 e. The second-order valence-electron chi connectivity index (χ2n) is 6.77. The van der Waals surface area contributed by atoms with Gasteiger partial charge in [-0.1, -0.05) is 48.3 Å². The van der Waals surface area contributed by atoms with Gasteiger partial charge in [-0.05, 0) is 30.7 Å². The van der Waals surface area contributed by atoms with Gasteiger partial charge in [0, 0.05) is 19.5 Å². The molecule has 0 radical (unpaired) electrons. The van der Waals surface area contributed by atoms with E-state index in [-0.39, 0.29) is 35.7 Å². The Labute approximate surface area is 179 Å². The van der Waals surface area contributed by atoms with Crippen molar-refractivity contribution in [3.63, 3.8) is 0 Å². The molecule has 8 heteroatoms. The van der Waals surface area contributed by atoms with Crippen LogP contribution < -0.4 is 15.5 Å². The molecule has 1 fully saturated rings. The van der Waals surface area contributed by atoms with E-state index in [4.69, 9.17) is 23.2 Å². The Morgan fingerprint density at radius 2 is 1.90 bits per heavy atom. The van der Waals surface area contributed by atoms with E-state index in [1.165, 1.54) is 4.90 Å². The molecule has 1 atom stereocenters. The van der Waals surface area contributed by atoms with Crippen LogP contribution in [0, 0.1) is 5.92 Å². The SMILES string of the molecule is CCCNC(=O)c1ccccc1NC(=O)[C@H]1CC(=O)N(c2cccc(Cl)c2Cl)C1. The van der Waals surface area contributed by atoms with Crippen LogP contribution in [0.1, 0.15) is 30.1 Å². The maximum atomic E-state index is 12.8. The fraction of sp³-hybridized carbons (Fsp3) is 0.286. The zero-order valence-corrected chi connectivity index (χ0v) is 17.4. The summed E-state index contributed by atoms with van der Waals surface area (Å²) in [6.45, 7) is 2.70. The van der Waals surface area contributed by atoms with E-state index in [9.17, 15) is 14.4 Å². The van der Waals surface area contributed by atoms with Gasteiger partial charge in [0.2, 0.25) is 11.8 Å². The molecule has 1 aliphatic heterocycles. The van der Waals surface area contributed by atoms with Crippen molar-refractivity contribution in [1.29, 1.82) is 0 Å². The summed E-state index contributed by atoms with van der Waals surface area (Å²) >= 11 is 12.3. The van der Waals surface area contributed by atoms with Gasteiger partial charge in [0.15, 0.2) is 0 Å². The minimum absolute atomic E-state index is 0.0544. The number of nitrogens with one attached hydrogen (secondary N) is 2. The molecule has 2 aromatic rings. The molecule has 2 N–H and O–H groups in total. The van der Waals surface area contributed by atoms with Gasteiger partial charge >= 0.3 is 0 Å². The van der Waals surface area contributed by atoms with Crippen molar-refractivity contribution in [2.45, 2.75) is 19.8 Å². The Hall–Kier alpha value is -2.57. The van der Waals surface area contributed by atoms with Crippen LogP contribution in [0.2, 0.25) is 10.0 Å². The van der Waals surface area contributed by atoms with Crippen molar-refractivity contribution in [2.24, 2.45) is 5.92 Å². The molecule has 0 saturated carbocycles. The summed E-state index contributed by atoms with van der Waals surface area (Å²) in [4.78, 5) is 39.1. The smallest absolute Gasteiger partial charge is 0.253 e. The van der Waals surface area contributed by atoms with Crippen LogP contribution in [0.3, 0.4) is 0 Å². The van der Waals surface area contributed by atoms with Gasteiger partial charge in [0.05, 0.1) is 32.9 Å². The van der Waals surface area contributed by atoms with E-state index in [0.29, 0.717) is 28.5 Å². The van der Waals surface area contributed by atoms with Gasteiger partial charge in [-0.15, -0.1) is 0 Å². The molecule has 0 bridgehead atoms. The summed E-state index contributed by atoms with van der Waals surface area (Å²) < 4.78 is 0. The first-order chi connectivity index (χ1) is 13.9. The van der Waals surface area contributed by atoms with E-state index < -0.39 is 5.92 Å². The molecule has 3 amide bonds. The zero-order valence-electron chi connectivity index (χ0n) is 15.9. The third-order valence-electron chi connectivity index (χ3n) is 4.68. The second kappa shape index (κ2) is 9.29. The lowest BCUT2D eigenvalue weighted by Crippen LogP contribution is -2.30. The molecule has 0 aliphatic carbocycles. The molecule has 3 rings (SSSR count). The number of para-hydroxylation sites is 1. The van der Waals surface area contributed by atoms with Crippen molar-refractivity contribution in [3.05, 3.63) is 58.1 Å². The van der Waals surface area contributed by atoms with Crippen molar-refractivity contribution >= 4 is 52.3 Å². The van der Waals surface area contributed by atoms with Crippen molar-refractivity contribution in [3.8, 4) is 0 Å². The number of nitrogens with zero attached hydrogens (tertiary/aromatic N) is 1. The number of amides is 3. The first kappa shape index (κ1) is 21.1. The van der Waals surface area contributed by atoms with Gasteiger partial charge in [-0.25, -0.2) is 0 Å². The predicted octanol–water partition coefficient (Wildman–Crippen LogP) is 4.12. The number of hydrogen-bond donors (Lipinski definition) is 2. The van der Waals surface area contributed by atoms with E-state index in [1.807, 2.05) is 6.92 Å². The van der Waals surface area contributed by atoms with Gasteiger partial charge in [-0.2, -0.15) is 0 Å². The molecule has 1 aliphatic rings. The molecular formula is C21H21Cl2N3O3. The second-order valence-corrected chi connectivity index (χ2v) is 7.55. The minimum atomic E-state index is -0.565. The van der Waals surface area contributed by atoms with E-state index in [0.717, 1.165) is 6.42 Å². The minimum Gasteiger partial charge on any atom is -0.352 e. The average Bonchev–Trinajstić information content (AvgIpc) is 3.10. The zero-order chi connectivity index (χ0) is 21.0. The average molecular weight is 434 g/mol. The lowest BCUT2D eigenvalue weighted by Gasteiger charge is -2.19. The molecule has 1 saturated heterocycles. The summed E-state index contributed by atoms with van der Waals surface area (Å²) in [7, 11) is 0. The molecule has 0 unspecified atom stereocenters. The molecule has 29 heavy (non-hydrogen) atoms. The van der Waals surface area contributed by atoms with Gasteiger partial charge < -0.3 is 15.5 Å². The highest BCUT2D eigenvalue weighted by atomic mass is 35.5. The topological polar surface area (TPSA) is 78.5 Å². The van der Waals surface area contributed by atoms with Crippen LogP contribution in [0.25, 0.3) is 0 Å². The quantitative estimate of drug-likeness (QED) is 0.718. The monoisotopic (exact) mass is 433 g/mol. The van der Waals surface area contributed by atoms with Crippen LogP contribution in [-0.4, -0.2) is 30.8 Å². The molecule has 2 aromatic carbocycles. The fourth-order valence-corrected chi connectivity index (χ4v) is 3.57. The normalized spacial score (nSPS) is 16.0. The number of halogens is 2. The standard InChI is InChI=1S/C21H21Cl2N3O3/c1-2-10-24-21(29)14-6-3-4-8-16(14)25-20(28)13-11-18(27)26(12-13)17-9-5-7-15(22)19(17)23/h3-9,13H,2,10-12H2,1H3,(H,24,29)(H,25,28)/t13-/m0/s1. The summed E-state index contributed by atoms with van der Waals surface area (Å²) in [5.74, 6) is -1.35. The van der Waals surface area contributed by atoms with E-state index >= 15 is 0 Å². The maximum Gasteiger partial charge on any atom is 0.253 e. The molecule has 0 spiro atoms. The van der Waals surface area contributed by atoms with Crippen LogP contribution in [0.4, 0.5) is 11.4 Å². The van der Waals surface area contributed by atoms with Gasteiger partial charge in [0.25, 0.3) is 5.91 Å². The van der Waals surface area contributed by atoms with Crippen molar-refractivity contribution in [1.82, 2.24) is 5.32 Å². The Balaban J connectivity index is 1.74. The Bertz CT molecular complexity index is 949. The summed E-state index contributed by atoms with van der Waals surface area (Å²) in [6, 6.07) is 11.8. The van der Waals surface area contributed by atoms with Gasteiger partial charge in [-0.3, -0.25) is 14.4 Å². The molecule has 0 aromatic heterocycles. The summed E-state index contributed by atoms with van der Waals surface area (Å²) in [6.07, 6.45) is 0.866. The van der Waals surface area contributed by atoms with E-state index in [1.54, 1.807) is 42.5 Å². The summed E-state index contributed by atoms with van der Waals surface area (Å²) in [5.41, 5.74) is 1.28. The highest BCUT2D eigenvalue weighted by Crippen LogP contribution is 2.36. The van der Waals surface area contributed by atoms with Crippen LogP contribution in [0.15, 0.2) is 42.5 Å². The lowest BCUT2D eigenvalue weighted by molar-refractivity contribution is -0.122. The first-order valence-corrected chi connectivity index (χ1v) is 10.1. The van der Waals surface area contributed by atoms with Crippen molar-refractivity contribution < 1.29 is 14.4 Å². The Morgan fingerprint density at radius 3 is 2.66 bits per heavy atom. The molecule has 152 valence electrons. The molecule has 1 heterocycles. The number of hydrogen-bond acceptors (Lipinski definition) is 3. The summed E-state index contributed by atoms with van der Waals surface area (Å²) in [5, 5.41) is 6.21. The van der Waals surface area contributed by atoms with Crippen LogP contribution >= 0.6 is 23.2 Å². The lowest BCUT2D eigenvalue weighted by atomic mass is 10.1. The fourth-order valence-electron chi connectivity index (χ4n) is 3.18. The maximum absolute atomic E-state index is 12.8. The Morgan fingerprint density at radius 1 is 1.14 bits per heavy atom.